The molecule has 0 spiro atoms. The highest BCUT2D eigenvalue weighted by molar-refractivity contribution is 7.14. The van der Waals surface area contributed by atoms with Crippen LogP contribution in [-0.4, -0.2) is 49.1 Å². The van der Waals surface area contributed by atoms with Gasteiger partial charge < -0.3 is 9.64 Å². The minimum atomic E-state index is -0.0347. The molecule has 1 amide bonds. The number of carbonyl (C=O) groups excluding carboxylic acids is 1. The lowest BCUT2D eigenvalue weighted by Crippen LogP contribution is -2.46. The van der Waals surface area contributed by atoms with Crippen molar-refractivity contribution in [1.82, 2.24) is 9.88 Å². The minimum Gasteiger partial charge on any atom is -0.495 e. The van der Waals surface area contributed by atoms with Gasteiger partial charge in [0.1, 0.15) is 5.75 Å². The third-order valence-corrected chi connectivity index (χ3v) is 6.12. The quantitative estimate of drug-likeness (QED) is 0.597. The molecule has 1 fully saturated rings. The molecule has 0 saturated carbocycles. The molecule has 4 rings (SSSR count). The monoisotopic (exact) mass is 422 g/mol. The maximum absolute atomic E-state index is 12.2. The predicted molar refractivity (Wildman–Crippen MR) is 122 cm³/mol. The van der Waals surface area contributed by atoms with Crippen LogP contribution in [-0.2, 0) is 11.3 Å². The van der Waals surface area contributed by atoms with Gasteiger partial charge in [-0.2, -0.15) is 0 Å². The van der Waals surface area contributed by atoms with Gasteiger partial charge in [-0.1, -0.05) is 30.3 Å². The summed E-state index contributed by atoms with van der Waals surface area (Å²) in [6.45, 7) is 6.17. The molecule has 2 aromatic carbocycles. The number of amides is 1. The highest BCUT2D eigenvalue weighted by Gasteiger charge is 2.22. The summed E-state index contributed by atoms with van der Waals surface area (Å²) in [7, 11) is 1.72. The van der Waals surface area contributed by atoms with E-state index >= 15 is 0 Å². The maximum atomic E-state index is 12.2. The smallest absolute Gasteiger partial charge is 0.230 e. The number of hydrogen-bond acceptors (Lipinski definition) is 6. The lowest BCUT2D eigenvalue weighted by atomic mass is 10.2. The zero-order valence-corrected chi connectivity index (χ0v) is 18.1. The van der Waals surface area contributed by atoms with Crippen LogP contribution in [0.5, 0.6) is 5.75 Å². The molecule has 0 radical (unpaired) electrons. The zero-order valence-electron chi connectivity index (χ0n) is 17.3. The zero-order chi connectivity index (χ0) is 20.9. The Kier molecular flexibility index (Phi) is 6.30. The van der Waals surface area contributed by atoms with E-state index in [9.17, 15) is 4.79 Å². The molecule has 7 heteroatoms. The molecule has 0 atom stereocenters. The van der Waals surface area contributed by atoms with E-state index in [1.54, 1.807) is 18.9 Å². The summed E-state index contributed by atoms with van der Waals surface area (Å²) < 4.78 is 5.51. The highest BCUT2D eigenvalue weighted by Crippen LogP contribution is 2.30. The number of carbonyl (C=O) groups is 1. The van der Waals surface area contributed by atoms with Crippen LogP contribution >= 0.6 is 11.3 Å². The van der Waals surface area contributed by atoms with E-state index in [0.29, 0.717) is 0 Å². The molecule has 0 bridgehead atoms. The number of hydrogen-bond donors (Lipinski definition) is 0. The lowest BCUT2D eigenvalue weighted by molar-refractivity contribution is -0.115. The van der Waals surface area contributed by atoms with Crippen molar-refractivity contribution < 1.29 is 9.53 Å². The first kappa shape index (κ1) is 20.4. The molecule has 2 heterocycles. The molecule has 1 aliphatic rings. The van der Waals surface area contributed by atoms with Crippen molar-refractivity contribution in [2.75, 3.05) is 43.1 Å². The normalized spacial score (nSPS) is 14.5. The number of aromatic nitrogens is 1. The van der Waals surface area contributed by atoms with Crippen LogP contribution in [0.25, 0.3) is 0 Å². The summed E-state index contributed by atoms with van der Waals surface area (Å²) in [5.74, 6) is 0.882. The van der Waals surface area contributed by atoms with Crippen LogP contribution in [0.15, 0.2) is 60.0 Å². The van der Waals surface area contributed by atoms with E-state index in [-0.39, 0.29) is 5.91 Å². The third kappa shape index (κ3) is 4.47. The van der Waals surface area contributed by atoms with Gasteiger partial charge in [-0.25, -0.2) is 4.98 Å². The van der Waals surface area contributed by atoms with Crippen molar-refractivity contribution in [2.24, 2.45) is 0 Å². The average Bonchev–Trinajstić information content (AvgIpc) is 3.22. The Labute approximate surface area is 181 Å². The average molecular weight is 423 g/mol. The molecule has 6 nitrogen and oxygen atoms in total. The molecule has 1 aromatic heterocycles. The second-order valence-corrected chi connectivity index (χ2v) is 8.08. The van der Waals surface area contributed by atoms with Crippen LogP contribution in [0, 0.1) is 0 Å². The van der Waals surface area contributed by atoms with Crippen molar-refractivity contribution in [3.05, 3.63) is 65.7 Å². The largest absolute Gasteiger partial charge is 0.495 e. The number of thiazole rings is 1. The van der Waals surface area contributed by atoms with Crippen molar-refractivity contribution in [2.45, 2.75) is 13.5 Å². The number of rotatable bonds is 6. The summed E-state index contributed by atoms with van der Waals surface area (Å²) >= 11 is 1.51. The first-order chi connectivity index (χ1) is 14.7. The van der Waals surface area contributed by atoms with Gasteiger partial charge >= 0.3 is 0 Å². The van der Waals surface area contributed by atoms with E-state index in [0.717, 1.165) is 60.7 Å². The number of nitrogens with zero attached hydrogens (tertiary/aromatic N) is 4. The Morgan fingerprint density at radius 2 is 1.77 bits per heavy atom. The fourth-order valence-electron chi connectivity index (χ4n) is 3.74. The van der Waals surface area contributed by atoms with E-state index in [4.69, 9.17) is 9.72 Å². The standard InChI is InChI=1S/C23H26N4O2S/c1-18(28)27(20-8-4-3-5-9-20)23-24-19(17-30-23)16-25-12-14-26(15-13-25)21-10-6-7-11-22(21)29-2/h3-11,17H,12-16H2,1-2H3. The van der Waals surface area contributed by atoms with Crippen molar-refractivity contribution >= 4 is 33.8 Å². The molecule has 30 heavy (non-hydrogen) atoms. The van der Waals surface area contributed by atoms with Crippen molar-refractivity contribution in [3.63, 3.8) is 0 Å². The summed E-state index contributed by atoms with van der Waals surface area (Å²) in [4.78, 5) is 23.4. The van der Waals surface area contributed by atoms with Crippen LogP contribution in [0.4, 0.5) is 16.5 Å². The van der Waals surface area contributed by atoms with Gasteiger partial charge in [0.2, 0.25) is 5.91 Å². The Balaban J connectivity index is 1.40. The van der Waals surface area contributed by atoms with Crippen LogP contribution in [0.1, 0.15) is 12.6 Å². The summed E-state index contributed by atoms with van der Waals surface area (Å²) in [5.41, 5.74) is 3.00. The Hall–Kier alpha value is -2.90. The fourth-order valence-corrected chi connectivity index (χ4v) is 4.62. The molecule has 3 aromatic rings. The number of para-hydroxylation sites is 3. The first-order valence-electron chi connectivity index (χ1n) is 10.1. The van der Waals surface area contributed by atoms with E-state index in [1.165, 1.54) is 11.3 Å². The molecule has 0 aliphatic carbocycles. The topological polar surface area (TPSA) is 48.9 Å². The first-order valence-corrected chi connectivity index (χ1v) is 10.9. The number of piperazine rings is 1. The van der Waals surface area contributed by atoms with Gasteiger partial charge in [0, 0.05) is 45.0 Å². The minimum absolute atomic E-state index is 0.0347. The van der Waals surface area contributed by atoms with E-state index in [1.807, 2.05) is 42.5 Å². The van der Waals surface area contributed by atoms with Crippen LogP contribution in [0.2, 0.25) is 0 Å². The van der Waals surface area contributed by atoms with Gasteiger partial charge in [-0.05, 0) is 24.3 Å². The van der Waals surface area contributed by atoms with Crippen molar-refractivity contribution in [3.8, 4) is 5.75 Å². The molecular formula is C23H26N4O2S. The Morgan fingerprint density at radius 3 is 2.47 bits per heavy atom. The predicted octanol–water partition coefficient (Wildman–Crippen LogP) is 4.16. The molecule has 1 aliphatic heterocycles. The second kappa shape index (κ2) is 9.28. The highest BCUT2D eigenvalue weighted by atomic mass is 32.1. The number of benzene rings is 2. The molecule has 1 saturated heterocycles. The number of anilines is 3. The number of ether oxygens (including phenoxy) is 1. The summed E-state index contributed by atoms with van der Waals surface area (Å²) in [6.07, 6.45) is 0. The summed E-state index contributed by atoms with van der Waals surface area (Å²) in [6, 6.07) is 17.8. The van der Waals surface area contributed by atoms with Gasteiger partial charge in [0.15, 0.2) is 5.13 Å². The molecule has 0 N–H and O–H groups in total. The number of methoxy groups -OCH3 is 1. The lowest BCUT2D eigenvalue weighted by Gasteiger charge is -2.36. The van der Waals surface area contributed by atoms with E-state index in [2.05, 4.69) is 27.3 Å². The van der Waals surface area contributed by atoms with Crippen LogP contribution < -0.4 is 14.5 Å². The third-order valence-electron chi connectivity index (χ3n) is 5.24. The fraction of sp³-hybridized carbons (Fsp3) is 0.304. The Morgan fingerprint density at radius 1 is 1.07 bits per heavy atom. The van der Waals surface area contributed by atoms with Gasteiger partial charge in [0.05, 0.1) is 24.2 Å². The van der Waals surface area contributed by atoms with Crippen molar-refractivity contribution in [1.29, 1.82) is 0 Å². The molecule has 156 valence electrons. The second-order valence-electron chi connectivity index (χ2n) is 7.25. The maximum Gasteiger partial charge on any atom is 0.230 e. The van der Waals surface area contributed by atoms with Gasteiger partial charge in [0.25, 0.3) is 0 Å². The Bertz CT molecular complexity index is 984. The molecule has 0 unspecified atom stereocenters. The molecular weight excluding hydrogens is 396 g/mol. The van der Waals surface area contributed by atoms with Crippen LogP contribution in [0.3, 0.4) is 0 Å². The van der Waals surface area contributed by atoms with Gasteiger partial charge in [-0.3, -0.25) is 14.6 Å². The summed E-state index contributed by atoms with van der Waals surface area (Å²) in [5, 5.41) is 2.78. The van der Waals surface area contributed by atoms with Gasteiger partial charge in [-0.15, -0.1) is 11.3 Å². The van der Waals surface area contributed by atoms with E-state index < -0.39 is 0 Å². The SMILES string of the molecule is COc1ccccc1N1CCN(Cc2csc(N(C(C)=O)c3ccccc3)n2)CC1.